The molecule has 12 heteroatoms. The Morgan fingerprint density at radius 3 is 2.34 bits per heavy atom. The first-order valence-corrected chi connectivity index (χ1v) is 14.0. The largest absolute Gasteiger partial charge is 0.497 e. The molecule has 0 unspecified atom stereocenters. The number of hydroxylamine groups is 1. The topological polar surface area (TPSA) is 140 Å². The number of carbonyl (C=O) groups is 1. The molecular formula is C26H32N4O7S. The molecule has 1 aromatic heterocycles. The highest BCUT2D eigenvalue weighted by Gasteiger charge is 2.26. The summed E-state index contributed by atoms with van der Waals surface area (Å²) in [5.41, 5.74) is 4.77. The molecule has 0 radical (unpaired) electrons. The van der Waals surface area contributed by atoms with Gasteiger partial charge < -0.3 is 19.1 Å². The molecule has 0 aliphatic carbocycles. The predicted octanol–water partition coefficient (Wildman–Crippen LogP) is 2.83. The summed E-state index contributed by atoms with van der Waals surface area (Å²) < 4.78 is 41.2. The van der Waals surface area contributed by atoms with E-state index in [1.165, 1.54) is 0 Å². The quantitative estimate of drug-likeness (QED) is 0.235. The van der Waals surface area contributed by atoms with E-state index in [1.54, 1.807) is 25.8 Å². The van der Waals surface area contributed by atoms with Crippen molar-refractivity contribution in [3.05, 3.63) is 35.4 Å². The van der Waals surface area contributed by atoms with Crippen LogP contribution in [0.3, 0.4) is 0 Å². The molecule has 2 aromatic carbocycles. The maximum Gasteiger partial charge on any atom is 0.243 e. The average molecular weight is 545 g/mol. The summed E-state index contributed by atoms with van der Waals surface area (Å²) >= 11 is 0. The molecule has 4 rings (SSSR count). The zero-order valence-corrected chi connectivity index (χ0v) is 22.7. The van der Waals surface area contributed by atoms with Crippen molar-refractivity contribution in [2.45, 2.75) is 26.7 Å². The number of nitrogens with zero attached hydrogens (tertiary/aromatic N) is 3. The number of hydrogen-bond donors (Lipinski definition) is 2. The van der Waals surface area contributed by atoms with E-state index < -0.39 is 15.7 Å². The second kappa shape index (κ2) is 11.4. The van der Waals surface area contributed by atoms with E-state index >= 15 is 0 Å². The van der Waals surface area contributed by atoms with E-state index in [1.807, 2.05) is 36.9 Å². The van der Waals surface area contributed by atoms with Crippen molar-refractivity contribution < 1.29 is 32.6 Å². The minimum absolute atomic E-state index is 0.0521. The second-order valence-corrected chi connectivity index (χ2v) is 11.5. The number of carbonyl (C=O) groups excluding carboxylic acids is 1. The van der Waals surface area contributed by atoms with Gasteiger partial charge in [0.15, 0.2) is 15.7 Å². The third-order valence-electron chi connectivity index (χ3n) is 6.45. The van der Waals surface area contributed by atoms with Crippen LogP contribution in [0, 0.1) is 13.8 Å². The molecular weight excluding hydrogens is 512 g/mol. The van der Waals surface area contributed by atoms with Gasteiger partial charge in [-0.3, -0.25) is 10.0 Å². The fourth-order valence-electron chi connectivity index (χ4n) is 4.52. The number of aryl methyl sites for hydroxylation is 2. The van der Waals surface area contributed by atoms with Crippen LogP contribution in [0.15, 0.2) is 24.3 Å². The van der Waals surface area contributed by atoms with E-state index in [0.717, 1.165) is 16.7 Å². The van der Waals surface area contributed by atoms with Gasteiger partial charge in [0.1, 0.15) is 23.1 Å². The predicted molar refractivity (Wildman–Crippen MR) is 143 cm³/mol. The van der Waals surface area contributed by atoms with Crippen molar-refractivity contribution in [1.29, 1.82) is 0 Å². The lowest BCUT2D eigenvalue weighted by atomic mass is 10.0. The first kappa shape index (κ1) is 27.4. The maximum absolute atomic E-state index is 12.1. The molecule has 0 spiro atoms. The highest BCUT2D eigenvalue weighted by atomic mass is 32.2. The number of aromatic nitrogens is 2. The first-order valence-electron chi connectivity index (χ1n) is 12.2. The van der Waals surface area contributed by atoms with Gasteiger partial charge in [0.2, 0.25) is 5.91 Å². The summed E-state index contributed by atoms with van der Waals surface area (Å²) in [7, 11) is 0.0515. The van der Waals surface area contributed by atoms with Crippen molar-refractivity contribution in [2.75, 3.05) is 50.3 Å². The fourth-order valence-corrected chi connectivity index (χ4v) is 5.72. The van der Waals surface area contributed by atoms with Crippen LogP contribution in [0.5, 0.6) is 17.2 Å². The van der Waals surface area contributed by atoms with Gasteiger partial charge in [-0.1, -0.05) is 0 Å². The number of fused-ring (bicyclic) bond motifs is 1. The normalized spacial score (nSPS) is 14.8. The van der Waals surface area contributed by atoms with E-state index in [4.69, 9.17) is 29.4 Å². The van der Waals surface area contributed by atoms with Crippen molar-refractivity contribution in [3.63, 3.8) is 0 Å². The Balaban J connectivity index is 1.75. The van der Waals surface area contributed by atoms with Crippen LogP contribution in [-0.2, 0) is 14.6 Å². The summed E-state index contributed by atoms with van der Waals surface area (Å²) in [6.07, 6.45) is 0.616. The van der Waals surface area contributed by atoms with E-state index in [9.17, 15) is 13.2 Å². The number of amides is 1. The summed E-state index contributed by atoms with van der Waals surface area (Å²) in [5.74, 6) is 2.57. The van der Waals surface area contributed by atoms with Crippen LogP contribution in [0.4, 0.5) is 5.82 Å². The van der Waals surface area contributed by atoms with Gasteiger partial charge in [0.25, 0.3) is 0 Å². The maximum atomic E-state index is 12.1. The molecule has 2 heterocycles. The molecule has 0 atom stereocenters. The molecule has 1 amide bonds. The monoisotopic (exact) mass is 544 g/mol. The van der Waals surface area contributed by atoms with Crippen molar-refractivity contribution in [3.8, 4) is 28.6 Å². The van der Waals surface area contributed by atoms with E-state index in [-0.39, 0.29) is 17.9 Å². The van der Waals surface area contributed by atoms with Gasteiger partial charge in [-0.05, 0) is 43.5 Å². The number of nitrogens with one attached hydrogen (secondary N) is 1. The number of anilines is 1. The fraction of sp³-hybridized carbons (Fsp3) is 0.423. The summed E-state index contributed by atoms with van der Waals surface area (Å²) in [5, 5.41) is 9.32. The van der Waals surface area contributed by atoms with Crippen LogP contribution in [0.1, 0.15) is 24.0 Å². The van der Waals surface area contributed by atoms with Gasteiger partial charge in [0, 0.05) is 37.2 Å². The van der Waals surface area contributed by atoms with Crippen LogP contribution >= 0.6 is 0 Å². The van der Waals surface area contributed by atoms with Crippen molar-refractivity contribution >= 4 is 32.5 Å². The Bertz CT molecular complexity index is 1420. The minimum atomic E-state index is -3.08. The van der Waals surface area contributed by atoms with Crippen LogP contribution < -0.4 is 24.6 Å². The molecule has 0 saturated carbocycles. The molecule has 1 aliphatic rings. The molecule has 0 bridgehead atoms. The number of hydrogen-bond acceptors (Lipinski definition) is 10. The lowest BCUT2D eigenvalue weighted by Crippen LogP contribution is -2.40. The Morgan fingerprint density at radius 1 is 1.05 bits per heavy atom. The van der Waals surface area contributed by atoms with Crippen LogP contribution in [0.25, 0.3) is 22.3 Å². The number of rotatable bonds is 9. The lowest BCUT2D eigenvalue weighted by Gasteiger charge is -2.29. The average Bonchev–Trinajstić information content (AvgIpc) is 2.90. The highest BCUT2D eigenvalue weighted by Crippen LogP contribution is 2.39. The molecule has 2 N–H and O–H groups in total. The molecule has 1 fully saturated rings. The highest BCUT2D eigenvalue weighted by molar-refractivity contribution is 7.91. The standard InChI is InChI=1S/C26H32N4O7S/c1-16-12-18(13-17(2)24(16)37-9-5-6-22(31)29-32)25-27-20-14-19(35-3)15-21(36-4)23(20)26(28-25)30-7-10-38(33,34)11-8-30/h12-15,32H,5-11H2,1-4H3,(H,29,31). The van der Waals surface area contributed by atoms with Gasteiger partial charge in [-0.15, -0.1) is 0 Å². The summed E-state index contributed by atoms with van der Waals surface area (Å²) in [6.45, 7) is 4.82. The number of ether oxygens (including phenoxy) is 3. The third kappa shape index (κ3) is 5.91. The number of methoxy groups -OCH3 is 2. The van der Waals surface area contributed by atoms with Gasteiger partial charge in [-0.2, -0.15) is 0 Å². The van der Waals surface area contributed by atoms with E-state index in [0.29, 0.717) is 65.9 Å². The number of benzene rings is 2. The SMILES string of the molecule is COc1cc(OC)c2c(N3CCS(=O)(=O)CC3)nc(-c3cc(C)c(OCCCC(=O)NO)c(C)c3)nc2c1. The number of sulfone groups is 1. The van der Waals surface area contributed by atoms with Crippen LogP contribution in [-0.4, -0.2) is 74.9 Å². The van der Waals surface area contributed by atoms with Gasteiger partial charge >= 0.3 is 0 Å². The molecule has 38 heavy (non-hydrogen) atoms. The second-order valence-electron chi connectivity index (χ2n) is 9.16. The van der Waals surface area contributed by atoms with Gasteiger partial charge in [0.05, 0.1) is 43.2 Å². The first-order chi connectivity index (χ1) is 18.2. The molecule has 1 aliphatic heterocycles. The third-order valence-corrected chi connectivity index (χ3v) is 8.06. The lowest BCUT2D eigenvalue weighted by molar-refractivity contribution is -0.129. The zero-order valence-electron chi connectivity index (χ0n) is 21.9. The Labute approximate surface area is 221 Å². The smallest absolute Gasteiger partial charge is 0.243 e. The van der Waals surface area contributed by atoms with Gasteiger partial charge in [-0.25, -0.2) is 23.9 Å². The van der Waals surface area contributed by atoms with Crippen molar-refractivity contribution in [1.82, 2.24) is 15.4 Å². The zero-order chi connectivity index (χ0) is 27.4. The van der Waals surface area contributed by atoms with Crippen molar-refractivity contribution in [2.24, 2.45) is 0 Å². The molecule has 11 nitrogen and oxygen atoms in total. The summed E-state index contributed by atoms with van der Waals surface area (Å²) in [4.78, 5) is 22.9. The summed E-state index contributed by atoms with van der Waals surface area (Å²) in [6, 6.07) is 7.45. The Hall–Kier alpha value is -3.64. The molecule has 204 valence electrons. The molecule has 3 aromatic rings. The minimum Gasteiger partial charge on any atom is -0.497 e. The van der Waals surface area contributed by atoms with Crippen LogP contribution in [0.2, 0.25) is 0 Å². The Kier molecular flexibility index (Phi) is 8.22. The Morgan fingerprint density at radius 2 is 1.74 bits per heavy atom. The van der Waals surface area contributed by atoms with E-state index in [2.05, 4.69) is 0 Å². The molecule has 1 saturated heterocycles.